The smallest absolute Gasteiger partial charge is 0.384 e. The van der Waals surface area contributed by atoms with E-state index in [1.165, 1.54) is 5.92 Å². The molecule has 0 unspecified atom stereocenters. The van der Waals surface area contributed by atoms with E-state index >= 15 is 0 Å². The normalized spacial score (nSPS) is 12.2. The topological polar surface area (TPSA) is 20.2 Å². The van der Waals surface area contributed by atoms with Crippen molar-refractivity contribution in [1.82, 2.24) is 0 Å². The van der Waals surface area contributed by atoms with Gasteiger partial charge in [0.05, 0.1) is 0 Å². The zero-order valence-electron chi connectivity index (χ0n) is 5.04. The summed E-state index contributed by atoms with van der Waals surface area (Å²) in [7, 11) is 0. The number of hydrogen-bond acceptors (Lipinski definition) is 1. The number of alkyl halides is 5. The summed E-state index contributed by atoms with van der Waals surface area (Å²) < 4.78 is 57.1. The standard InChI is InChI=1S/C5H3F5O/c6-4(7,2-1-3-11)5(8,9)10/h11H,3H2. The highest BCUT2D eigenvalue weighted by molar-refractivity contribution is 5.12. The highest BCUT2D eigenvalue weighted by atomic mass is 19.4. The quantitative estimate of drug-likeness (QED) is 0.431. The number of halogens is 5. The lowest BCUT2D eigenvalue weighted by Gasteiger charge is -2.12. The average Bonchev–Trinajstić information content (AvgIpc) is 1.81. The average molecular weight is 174 g/mol. The number of aliphatic hydroxyl groups is 1. The second kappa shape index (κ2) is 3.05. The van der Waals surface area contributed by atoms with Gasteiger partial charge in [-0.2, -0.15) is 22.0 Å². The maximum atomic E-state index is 11.7. The molecule has 11 heavy (non-hydrogen) atoms. The molecule has 0 aromatic heterocycles. The van der Waals surface area contributed by atoms with Crippen LogP contribution in [0.1, 0.15) is 0 Å². The van der Waals surface area contributed by atoms with E-state index in [2.05, 4.69) is 0 Å². The number of hydrogen-bond donors (Lipinski definition) is 1. The molecular formula is C5H3F5O. The molecule has 0 aromatic carbocycles. The van der Waals surface area contributed by atoms with Gasteiger partial charge in [-0.3, -0.25) is 0 Å². The minimum absolute atomic E-state index is 0.590. The van der Waals surface area contributed by atoms with Gasteiger partial charge in [0.25, 0.3) is 0 Å². The van der Waals surface area contributed by atoms with Gasteiger partial charge >= 0.3 is 12.1 Å². The van der Waals surface area contributed by atoms with E-state index in [1.807, 2.05) is 0 Å². The van der Waals surface area contributed by atoms with Gasteiger partial charge < -0.3 is 5.11 Å². The van der Waals surface area contributed by atoms with Crippen molar-refractivity contribution in [2.24, 2.45) is 0 Å². The van der Waals surface area contributed by atoms with Gasteiger partial charge in [-0.15, -0.1) is 0 Å². The Hall–Kier alpha value is -0.830. The lowest BCUT2D eigenvalue weighted by atomic mass is 10.3. The van der Waals surface area contributed by atoms with Gasteiger partial charge in [0, 0.05) is 0 Å². The maximum absolute atomic E-state index is 11.7. The van der Waals surface area contributed by atoms with Crippen molar-refractivity contribution in [3.63, 3.8) is 0 Å². The second-order valence-electron chi connectivity index (χ2n) is 1.53. The molecule has 0 heterocycles. The van der Waals surface area contributed by atoms with Gasteiger partial charge in [-0.1, -0.05) is 5.92 Å². The predicted octanol–water partition coefficient (Wildman–Crippen LogP) is 1.18. The fourth-order valence-corrected chi connectivity index (χ4v) is 0.221. The number of rotatable bonds is 0. The maximum Gasteiger partial charge on any atom is 0.466 e. The third-order valence-electron chi connectivity index (χ3n) is 0.680. The molecule has 0 atom stereocenters. The van der Waals surface area contributed by atoms with E-state index in [-0.39, 0.29) is 0 Å². The fraction of sp³-hybridized carbons (Fsp3) is 0.600. The van der Waals surface area contributed by atoms with Crippen LogP contribution in [0.2, 0.25) is 0 Å². The van der Waals surface area contributed by atoms with Gasteiger partial charge in [0.15, 0.2) is 0 Å². The second-order valence-corrected chi connectivity index (χ2v) is 1.53. The van der Waals surface area contributed by atoms with Gasteiger partial charge in [-0.25, -0.2) is 0 Å². The van der Waals surface area contributed by atoms with Crippen LogP contribution in [0.25, 0.3) is 0 Å². The molecule has 1 nitrogen and oxygen atoms in total. The molecule has 0 amide bonds. The summed E-state index contributed by atoms with van der Waals surface area (Å²) >= 11 is 0. The lowest BCUT2D eigenvalue weighted by Crippen LogP contribution is -2.34. The predicted molar refractivity (Wildman–Crippen MR) is 25.9 cm³/mol. The molecular weight excluding hydrogens is 171 g/mol. The van der Waals surface area contributed by atoms with Crippen LogP contribution in [0.3, 0.4) is 0 Å². The first-order valence-corrected chi connectivity index (χ1v) is 2.36. The Morgan fingerprint density at radius 1 is 1.09 bits per heavy atom. The summed E-state index contributed by atoms with van der Waals surface area (Å²) in [6.45, 7) is -1.02. The molecule has 0 rings (SSSR count). The van der Waals surface area contributed by atoms with Crippen LogP contribution >= 0.6 is 0 Å². The Morgan fingerprint density at radius 3 is 1.82 bits per heavy atom. The minimum atomic E-state index is -5.67. The van der Waals surface area contributed by atoms with E-state index in [0.717, 1.165) is 0 Å². The highest BCUT2D eigenvalue weighted by Crippen LogP contribution is 2.34. The zero-order valence-corrected chi connectivity index (χ0v) is 5.04. The SMILES string of the molecule is OCC#CC(F)(F)C(F)(F)F. The van der Waals surface area contributed by atoms with Gasteiger partial charge in [0.2, 0.25) is 0 Å². The van der Waals surface area contributed by atoms with Crippen molar-refractivity contribution in [3.05, 3.63) is 0 Å². The third-order valence-corrected chi connectivity index (χ3v) is 0.680. The first-order chi connectivity index (χ1) is 4.81. The minimum Gasteiger partial charge on any atom is -0.384 e. The molecule has 0 saturated heterocycles. The first kappa shape index (κ1) is 10.2. The monoisotopic (exact) mass is 174 g/mol. The third kappa shape index (κ3) is 2.72. The summed E-state index contributed by atoms with van der Waals surface area (Å²) in [5, 5.41) is 7.82. The van der Waals surface area contributed by atoms with E-state index < -0.39 is 18.7 Å². The van der Waals surface area contributed by atoms with Crippen molar-refractivity contribution in [1.29, 1.82) is 0 Å². The molecule has 0 radical (unpaired) electrons. The summed E-state index contributed by atoms with van der Waals surface area (Å²) in [6, 6.07) is 0. The summed E-state index contributed by atoms with van der Waals surface area (Å²) in [5.41, 5.74) is 0. The summed E-state index contributed by atoms with van der Waals surface area (Å²) in [6.07, 6.45) is -5.67. The fourth-order valence-electron chi connectivity index (χ4n) is 0.221. The Labute approximate surface area is 58.8 Å². The first-order valence-electron chi connectivity index (χ1n) is 2.36. The van der Waals surface area contributed by atoms with Crippen molar-refractivity contribution < 1.29 is 27.1 Å². The molecule has 0 aliphatic heterocycles. The molecule has 0 aliphatic carbocycles. The van der Waals surface area contributed by atoms with Gasteiger partial charge in [0.1, 0.15) is 6.61 Å². The van der Waals surface area contributed by atoms with Crippen LogP contribution in [-0.4, -0.2) is 23.8 Å². The summed E-state index contributed by atoms with van der Waals surface area (Å²) in [4.78, 5) is 0. The molecule has 0 saturated carbocycles. The van der Waals surface area contributed by atoms with Crippen LogP contribution in [0.4, 0.5) is 22.0 Å². The molecule has 0 spiro atoms. The van der Waals surface area contributed by atoms with Crippen molar-refractivity contribution in [3.8, 4) is 11.8 Å². The van der Waals surface area contributed by atoms with Crippen molar-refractivity contribution in [2.45, 2.75) is 12.1 Å². The van der Waals surface area contributed by atoms with Crippen LogP contribution in [-0.2, 0) is 0 Å². The molecule has 6 heteroatoms. The van der Waals surface area contributed by atoms with Crippen LogP contribution in [0.5, 0.6) is 0 Å². The molecule has 0 bridgehead atoms. The largest absolute Gasteiger partial charge is 0.466 e. The van der Waals surface area contributed by atoms with E-state index in [1.54, 1.807) is 0 Å². The van der Waals surface area contributed by atoms with Crippen LogP contribution in [0.15, 0.2) is 0 Å². The highest BCUT2D eigenvalue weighted by Gasteiger charge is 2.56. The van der Waals surface area contributed by atoms with Crippen molar-refractivity contribution >= 4 is 0 Å². The lowest BCUT2D eigenvalue weighted by molar-refractivity contribution is -0.254. The van der Waals surface area contributed by atoms with E-state index in [4.69, 9.17) is 5.11 Å². The Bertz CT molecular complexity index is 183. The number of aliphatic hydroxyl groups excluding tert-OH is 1. The van der Waals surface area contributed by atoms with E-state index in [9.17, 15) is 22.0 Å². The Morgan fingerprint density at radius 2 is 1.55 bits per heavy atom. The Kier molecular flexibility index (Phi) is 2.82. The molecule has 1 N–H and O–H groups in total. The summed E-state index contributed by atoms with van der Waals surface area (Å²) in [5.74, 6) is -3.21. The Balaban J connectivity index is 4.47. The van der Waals surface area contributed by atoms with E-state index in [0.29, 0.717) is 5.92 Å². The zero-order chi connectivity index (χ0) is 9.12. The molecule has 64 valence electrons. The molecule has 0 fully saturated rings. The van der Waals surface area contributed by atoms with Crippen LogP contribution < -0.4 is 0 Å². The molecule has 0 aromatic rings. The van der Waals surface area contributed by atoms with Crippen LogP contribution in [0, 0.1) is 11.8 Å². The van der Waals surface area contributed by atoms with Crippen molar-refractivity contribution in [2.75, 3.05) is 6.61 Å². The van der Waals surface area contributed by atoms with Gasteiger partial charge in [-0.05, 0) is 5.92 Å². The molecule has 0 aliphatic rings.